The molecule has 1 saturated heterocycles. The highest BCUT2D eigenvalue weighted by Crippen LogP contribution is 2.38. The number of carbonyl (C=O) groups excluding carboxylic acids is 1. The van der Waals surface area contributed by atoms with Crippen LogP contribution >= 0.6 is 0 Å². The van der Waals surface area contributed by atoms with Crippen molar-refractivity contribution < 1.29 is 13.7 Å². The quantitative estimate of drug-likeness (QED) is 0.573. The zero-order valence-corrected chi connectivity index (χ0v) is 18.2. The van der Waals surface area contributed by atoms with E-state index in [0.717, 1.165) is 54.0 Å². The van der Waals surface area contributed by atoms with Gasteiger partial charge in [-0.3, -0.25) is 4.79 Å². The minimum atomic E-state index is -0.332. The molecule has 0 N–H and O–H groups in total. The summed E-state index contributed by atoms with van der Waals surface area (Å²) in [4.78, 5) is 24.4. The van der Waals surface area contributed by atoms with Crippen LogP contribution in [0.15, 0.2) is 35.0 Å². The van der Waals surface area contributed by atoms with Crippen molar-refractivity contribution in [2.75, 3.05) is 6.54 Å². The Hall–Kier alpha value is -3.09. The molecule has 1 fully saturated rings. The minimum Gasteiger partial charge on any atom is -0.356 e. The van der Waals surface area contributed by atoms with E-state index in [1.54, 1.807) is 18.3 Å². The molecule has 7 heteroatoms. The molecule has 0 saturated carbocycles. The molecule has 3 heterocycles. The van der Waals surface area contributed by atoms with Crippen molar-refractivity contribution in [3.63, 3.8) is 0 Å². The highest BCUT2D eigenvalue weighted by atomic mass is 19.1. The number of hydrogen-bond acceptors (Lipinski definition) is 5. The molecule has 1 aliphatic heterocycles. The first-order chi connectivity index (χ1) is 15.0. The van der Waals surface area contributed by atoms with E-state index in [-0.39, 0.29) is 24.2 Å². The number of benzene rings is 1. The SMILES string of the molecule is CCCc1ncc(-c2onc(C)c2C)c([C@H]2CCCN2C(=O)Cc2cccc(F)c2)n1. The Labute approximate surface area is 181 Å². The molecular weight excluding hydrogens is 395 g/mol. The van der Waals surface area contributed by atoms with Gasteiger partial charge >= 0.3 is 0 Å². The van der Waals surface area contributed by atoms with Crippen molar-refractivity contribution >= 4 is 5.91 Å². The first-order valence-corrected chi connectivity index (χ1v) is 10.8. The molecule has 1 aliphatic rings. The Kier molecular flexibility index (Phi) is 6.11. The number of halogens is 1. The lowest BCUT2D eigenvalue weighted by molar-refractivity contribution is -0.131. The second-order valence-electron chi connectivity index (χ2n) is 8.11. The van der Waals surface area contributed by atoms with E-state index >= 15 is 0 Å². The summed E-state index contributed by atoms with van der Waals surface area (Å²) in [6, 6.07) is 6.05. The van der Waals surface area contributed by atoms with Crippen molar-refractivity contribution in [1.29, 1.82) is 0 Å². The Balaban J connectivity index is 1.69. The third-order valence-electron chi connectivity index (χ3n) is 5.88. The highest BCUT2D eigenvalue weighted by molar-refractivity contribution is 5.80. The Morgan fingerprint density at radius 1 is 1.32 bits per heavy atom. The van der Waals surface area contributed by atoms with Gasteiger partial charge in [-0.2, -0.15) is 0 Å². The fourth-order valence-corrected chi connectivity index (χ4v) is 4.15. The maximum atomic E-state index is 13.6. The van der Waals surface area contributed by atoms with Gasteiger partial charge in [-0.15, -0.1) is 0 Å². The number of aromatic nitrogens is 3. The van der Waals surface area contributed by atoms with Crippen LogP contribution in [0.2, 0.25) is 0 Å². The van der Waals surface area contributed by atoms with Crippen LogP contribution in [0.5, 0.6) is 0 Å². The summed E-state index contributed by atoms with van der Waals surface area (Å²) in [6.45, 7) is 6.61. The molecule has 0 aliphatic carbocycles. The summed E-state index contributed by atoms with van der Waals surface area (Å²) in [6.07, 6.45) is 5.37. The van der Waals surface area contributed by atoms with Crippen LogP contribution in [0.1, 0.15) is 60.6 Å². The van der Waals surface area contributed by atoms with Crippen LogP contribution in [0.4, 0.5) is 4.39 Å². The third kappa shape index (κ3) is 4.36. The van der Waals surface area contributed by atoms with Crippen LogP contribution < -0.4 is 0 Å². The first-order valence-electron chi connectivity index (χ1n) is 10.8. The molecule has 6 nitrogen and oxygen atoms in total. The smallest absolute Gasteiger partial charge is 0.227 e. The van der Waals surface area contributed by atoms with E-state index in [1.807, 2.05) is 18.7 Å². The lowest BCUT2D eigenvalue weighted by Gasteiger charge is -2.26. The van der Waals surface area contributed by atoms with E-state index in [4.69, 9.17) is 9.51 Å². The lowest BCUT2D eigenvalue weighted by atomic mass is 10.0. The van der Waals surface area contributed by atoms with E-state index in [9.17, 15) is 9.18 Å². The van der Waals surface area contributed by atoms with E-state index in [0.29, 0.717) is 17.9 Å². The molecule has 4 rings (SSSR count). The fraction of sp³-hybridized carbons (Fsp3) is 0.417. The van der Waals surface area contributed by atoms with Crippen molar-refractivity contribution in [1.82, 2.24) is 20.0 Å². The summed E-state index contributed by atoms with van der Waals surface area (Å²) in [7, 11) is 0. The molecule has 1 amide bonds. The maximum absolute atomic E-state index is 13.6. The van der Waals surface area contributed by atoms with Gasteiger partial charge in [0.2, 0.25) is 5.91 Å². The summed E-state index contributed by atoms with van der Waals surface area (Å²) >= 11 is 0. The number of hydrogen-bond donors (Lipinski definition) is 0. The number of amides is 1. The summed E-state index contributed by atoms with van der Waals surface area (Å²) < 4.78 is 19.2. The molecule has 2 aromatic heterocycles. The lowest BCUT2D eigenvalue weighted by Crippen LogP contribution is -2.32. The van der Waals surface area contributed by atoms with Crippen molar-refractivity contribution in [3.8, 4) is 11.3 Å². The van der Waals surface area contributed by atoms with E-state index in [1.165, 1.54) is 12.1 Å². The summed E-state index contributed by atoms with van der Waals surface area (Å²) in [5.41, 5.74) is 4.04. The number of likely N-dealkylation sites (tertiary alicyclic amines) is 1. The average Bonchev–Trinajstić information content (AvgIpc) is 3.36. The van der Waals surface area contributed by atoms with Gasteiger partial charge in [0.1, 0.15) is 11.6 Å². The van der Waals surface area contributed by atoms with E-state index < -0.39 is 0 Å². The van der Waals surface area contributed by atoms with Crippen LogP contribution in [0, 0.1) is 19.7 Å². The van der Waals surface area contributed by atoms with Gasteiger partial charge < -0.3 is 9.42 Å². The van der Waals surface area contributed by atoms with Gasteiger partial charge in [0.05, 0.1) is 29.4 Å². The molecule has 0 unspecified atom stereocenters. The number of aryl methyl sites for hydroxylation is 2. The van der Waals surface area contributed by atoms with Gasteiger partial charge in [-0.1, -0.05) is 24.2 Å². The van der Waals surface area contributed by atoms with Crippen molar-refractivity contribution in [2.24, 2.45) is 0 Å². The molecule has 0 spiro atoms. The maximum Gasteiger partial charge on any atom is 0.227 e. The highest BCUT2D eigenvalue weighted by Gasteiger charge is 2.34. The molecule has 1 aromatic carbocycles. The number of nitrogens with zero attached hydrogens (tertiary/aromatic N) is 4. The largest absolute Gasteiger partial charge is 0.356 e. The molecule has 0 radical (unpaired) electrons. The normalized spacial score (nSPS) is 16.1. The van der Waals surface area contributed by atoms with Gasteiger partial charge in [0.15, 0.2) is 5.76 Å². The topological polar surface area (TPSA) is 72.1 Å². The zero-order chi connectivity index (χ0) is 22.0. The Morgan fingerprint density at radius 3 is 2.87 bits per heavy atom. The second kappa shape index (κ2) is 8.96. The van der Waals surface area contributed by atoms with Gasteiger partial charge in [0, 0.05) is 24.7 Å². The van der Waals surface area contributed by atoms with Gasteiger partial charge in [-0.25, -0.2) is 14.4 Å². The average molecular weight is 423 g/mol. The fourth-order valence-electron chi connectivity index (χ4n) is 4.15. The van der Waals surface area contributed by atoms with Gasteiger partial charge in [0.25, 0.3) is 0 Å². The van der Waals surface area contributed by atoms with Crippen LogP contribution in [-0.2, 0) is 17.6 Å². The van der Waals surface area contributed by atoms with Crippen LogP contribution in [-0.4, -0.2) is 32.5 Å². The number of rotatable bonds is 6. The first kappa shape index (κ1) is 21.2. The standard InChI is InChI=1S/C24H27FN4O2/c1-4-7-21-26-14-19(24-15(2)16(3)28-31-24)23(27-21)20-10-6-11-29(20)22(30)13-17-8-5-9-18(25)12-17/h5,8-9,12,14,20H,4,6-7,10-11,13H2,1-3H3/t20-/m1/s1. The second-order valence-corrected chi connectivity index (χ2v) is 8.11. The zero-order valence-electron chi connectivity index (χ0n) is 18.2. The molecule has 3 aromatic rings. The molecule has 162 valence electrons. The van der Waals surface area contributed by atoms with Crippen LogP contribution in [0.25, 0.3) is 11.3 Å². The van der Waals surface area contributed by atoms with Crippen molar-refractivity contribution in [2.45, 2.75) is 58.9 Å². The van der Waals surface area contributed by atoms with Crippen LogP contribution in [0.3, 0.4) is 0 Å². The Morgan fingerprint density at radius 2 is 2.16 bits per heavy atom. The minimum absolute atomic E-state index is 0.0276. The summed E-state index contributed by atoms with van der Waals surface area (Å²) in [5, 5.41) is 4.09. The molecule has 31 heavy (non-hydrogen) atoms. The third-order valence-corrected chi connectivity index (χ3v) is 5.88. The van der Waals surface area contributed by atoms with E-state index in [2.05, 4.69) is 17.1 Å². The number of carbonyl (C=O) groups is 1. The van der Waals surface area contributed by atoms with Gasteiger partial charge in [-0.05, 0) is 50.8 Å². The molecule has 0 bridgehead atoms. The Bertz CT molecular complexity index is 1090. The predicted octanol–water partition coefficient (Wildman–Crippen LogP) is 4.75. The predicted molar refractivity (Wildman–Crippen MR) is 115 cm³/mol. The van der Waals surface area contributed by atoms with Crippen molar-refractivity contribution in [3.05, 3.63) is 64.6 Å². The molecule has 1 atom stereocenters. The monoisotopic (exact) mass is 422 g/mol. The molecular formula is C24H27FN4O2. The summed E-state index contributed by atoms with van der Waals surface area (Å²) in [5.74, 6) is 1.06.